The van der Waals surface area contributed by atoms with Gasteiger partial charge in [0.1, 0.15) is 5.56 Å². The molecule has 4 aliphatic rings. The van der Waals surface area contributed by atoms with Gasteiger partial charge in [0.25, 0.3) is 5.91 Å². The number of ether oxygens (including phenoxy) is 1. The van der Waals surface area contributed by atoms with Crippen LogP contribution in [0.1, 0.15) is 69.7 Å². The number of rotatable bonds is 9. The number of nitrogens with zero attached hydrogens (tertiary/aromatic N) is 4. The Bertz CT molecular complexity index is 1220. The molecule has 0 radical (unpaired) electrons. The summed E-state index contributed by atoms with van der Waals surface area (Å²) in [5.41, 5.74) is 5.05. The van der Waals surface area contributed by atoms with Gasteiger partial charge in [0.05, 0.1) is 18.3 Å². The van der Waals surface area contributed by atoms with Crippen LogP contribution in [0.4, 0.5) is 4.79 Å². The third-order valence-corrected chi connectivity index (χ3v) is 8.37. The summed E-state index contributed by atoms with van der Waals surface area (Å²) in [6.45, 7) is 5.97. The van der Waals surface area contributed by atoms with Crippen LogP contribution in [0.15, 0.2) is 30.7 Å². The van der Waals surface area contributed by atoms with E-state index in [0.717, 1.165) is 32.1 Å². The van der Waals surface area contributed by atoms with E-state index in [1.165, 1.54) is 0 Å². The van der Waals surface area contributed by atoms with Gasteiger partial charge >= 0.3 is 6.09 Å². The molecule has 0 saturated heterocycles. The molecule has 6 rings (SSSR count). The summed E-state index contributed by atoms with van der Waals surface area (Å²) in [6, 6.07) is 1.85. The van der Waals surface area contributed by atoms with Gasteiger partial charge in [-0.15, -0.1) is 0 Å². The number of aromatic nitrogens is 4. The molecule has 2 aromatic heterocycles. The van der Waals surface area contributed by atoms with Crippen molar-refractivity contribution in [2.45, 2.75) is 70.9 Å². The SMILES string of the molecule is CCC(=O)NC(C)(C)/C=C/n1ncc(C(=O)N[C@H]2C3CC4CC2C[C@@](COC(N)=O)(C4)C3)c1-n1cccn1. The quantitative estimate of drug-likeness (QED) is 0.461. The average molecular weight is 524 g/mol. The summed E-state index contributed by atoms with van der Waals surface area (Å²) in [4.78, 5) is 36.8. The topological polar surface area (TPSA) is 146 Å². The Labute approximate surface area is 222 Å². The molecule has 0 spiro atoms. The second kappa shape index (κ2) is 9.92. The first-order valence-electron chi connectivity index (χ1n) is 13.4. The smallest absolute Gasteiger partial charge is 0.404 e. The maximum Gasteiger partial charge on any atom is 0.404 e. The van der Waals surface area contributed by atoms with E-state index in [1.807, 2.05) is 26.8 Å². The summed E-state index contributed by atoms with van der Waals surface area (Å²) in [6.07, 6.45) is 13.3. The van der Waals surface area contributed by atoms with Gasteiger partial charge in [-0.05, 0) is 75.8 Å². The molecule has 4 aliphatic carbocycles. The third-order valence-electron chi connectivity index (χ3n) is 8.37. The van der Waals surface area contributed by atoms with Crippen LogP contribution in [0.3, 0.4) is 0 Å². The third kappa shape index (κ3) is 5.19. The maximum atomic E-state index is 13.7. The summed E-state index contributed by atoms with van der Waals surface area (Å²) < 4.78 is 8.48. The van der Waals surface area contributed by atoms with Crippen molar-refractivity contribution in [1.29, 1.82) is 0 Å². The van der Waals surface area contributed by atoms with Gasteiger partial charge in [0, 0.05) is 36.5 Å². The van der Waals surface area contributed by atoms with Crippen LogP contribution >= 0.6 is 0 Å². The standard InChI is InChI=1S/C27H37N7O4/c1-4-21(35)32-26(2,3)6-9-34-24(33-8-5-7-29-33)20(15-30-34)23(36)31-22-18-10-17-11-19(22)14-27(12-17,13-18)16-38-25(28)37/h5-9,15,17-19,22H,4,10-14,16H2,1-3H3,(H2,28,37)(H,31,36)(H,32,35)/b9-6+/t17?,18?,19?,22-,27+. The van der Waals surface area contributed by atoms with Crippen molar-refractivity contribution < 1.29 is 19.1 Å². The van der Waals surface area contributed by atoms with E-state index in [1.54, 1.807) is 40.2 Å². The largest absolute Gasteiger partial charge is 0.449 e. The van der Waals surface area contributed by atoms with Crippen LogP contribution in [0.5, 0.6) is 0 Å². The van der Waals surface area contributed by atoms with Crippen LogP contribution in [0.2, 0.25) is 0 Å². The van der Waals surface area contributed by atoms with E-state index in [2.05, 4.69) is 20.8 Å². The highest BCUT2D eigenvalue weighted by Crippen LogP contribution is 2.60. The lowest BCUT2D eigenvalue weighted by molar-refractivity contribution is -0.121. The summed E-state index contributed by atoms with van der Waals surface area (Å²) in [5, 5.41) is 15.1. The van der Waals surface area contributed by atoms with Crippen molar-refractivity contribution in [3.05, 3.63) is 36.3 Å². The van der Waals surface area contributed by atoms with Crippen molar-refractivity contribution in [2.75, 3.05) is 6.61 Å². The van der Waals surface area contributed by atoms with Crippen molar-refractivity contribution in [3.63, 3.8) is 0 Å². The Morgan fingerprint density at radius 2 is 1.95 bits per heavy atom. The molecule has 4 N–H and O–H groups in total. The van der Waals surface area contributed by atoms with Crippen molar-refractivity contribution in [1.82, 2.24) is 30.2 Å². The minimum Gasteiger partial charge on any atom is -0.449 e. The van der Waals surface area contributed by atoms with Crippen LogP contribution in [-0.2, 0) is 9.53 Å². The molecule has 4 saturated carbocycles. The lowest BCUT2D eigenvalue weighted by Gasteiger charge is -2.59. The van der Waals surface area contributed by atoms with E-state index < -0.39 is 11.6 Å². The first-order chi connectivity index (χ1) is 18.1. The van der Waals surface area contributed by atoms with E-state index in [4.69, 9.17) is 10.5 Å². The van der Waals surface area contributed by atoms with Gasteiger partial charge in [-0.2, -0.15) is 10.2 Å². The van der Waals surface area contributed by atoms with E-state index in [-0.39, 0.29) is 23.3 Å². The highest BCUT2D eigenvalue weighted by atomic mass is 16.5. The van der Waals surface area contributed by atoms with Gasteiger partial charge in [0.2, 0.25) is 5.91 Å². The fourth-order valence-electron chi connectivity index (χ4n) is 7.05. The molecule has 2 unspecified atom stereocenters. The van der Waals surface area contributed by atoms with Gasteiger partial charge in [0.15, 0.2) is 5.82 Å². The minimum absolute atomic E-state index is 0.0251. The molecule has 204 valence electrons. The number of nitrogens with two attached hydrogens (primary N) is 1. The summed E-state index contributed by atoms with van der Waals surface area (Å²) in [7, 11) is 0. The highest BCUT2D eigenvalue weighted by Gasteiger charge is 2.56. The van der Waals surface area contributed by atoms with Gasteiger partial charge < -0.3 is 21.1 Å². The predicted molar refractivity (Wildman–Crippen MR) is 140 cm³/mol. The fourth-order valence-corrected chi connectivity index (χ4v) is 7.05. The Morgan fingerprint density at radius 1 is 1.21 bits per heavy atom. The highest BCUT2D eigenvalue weighted by molar-refractivity contribution is 5.97. The Kier molecular flexibility index (Phi) is 6.79. The first kappa shape index (κ1) is 26.0. The van der Waals surface area contributed by atoms with Crippen LogP contribution in [0.25, 0.3) is 12.0 Å². The van der Waals surface area contributed by atoms with Crippen LogP contribution in [-0.4, -0.2) is 55.7 Å². The van der Waals surface area contributed by atoms with Crippen LogP contribution < -0.4 is 16.4 Å². The number of nitrogens with one attached hydrogen (secondary N) is 2. The minimum atomic E-state index is -0.723. The first-order valence-corrected chi connectivity index (χ1v) is 13.4. The van der Waals surface area contributed by atoms with Crippen molar-refractivity contribution in [3.8, 4) is 5.82 Å². The number of amides is 3. The molecule has 2 heterocycles. The molecular formula is C27H37N7O4. The monoisotopic (exact) mass is 523 g/mol. The molecule has 11 heteroatoms. The number of carbonyl (C=O) groups is 3. The fraction of sp³-hybridized carbons (Fsp3) is 0.593. The molecule has 3 amide bonds. The van der Waals surface area contributed by atoms with Crippen molar-refractivity contribution >= 4 is 24.1 Å². The second-order valence-corrected chi connectivity index (χ2v) is 11.8. The number of carbonyl (C=O) groups excluding carboxylic acids is 3. The molecule has 4 bridgehead atoms. The normalized spacial score (nSPS) is 28.0. The molecule has 0 aliphatic heterocycles. The van der Waals surface area contributed by atoms with Gasteiger partial charge in [-0.3, -0.25) is 9.59 Å². The van der Waals surface area contributed by atoms with Crippen LogP contribution in [0, 0.1) is 23.2 Å². The molecule has 4 fully saturated rings. The Balaban J connectivity index is 1.35. The Hall–Kier alpha value is -3.63. The van der Waals surface area contributed by atoms with E-state index in [0.29, 0.717) is 42.2 Å². The molecule has 38 heavy (non-hydrogen) atoms. The summed E-state index contributed by atoms with van der Waals surface area (Å²) >= 11 is 0. The lowest BCUT2D eigenvalue weighted by Crippen LogP contribution is -2.60. The average Bonchev–Trinajstić information content (AvgIpc) is 3.53. The predicted octanol–water partition coefficient (Wildman–Crippen LogP) is 2.86. The lowest BCUT2D eigenvalue weighted by atomic mass is 9.48. The Morgan fingerprint density at radius 3 is 2.58 bits per heavy atom. The van der Waals surface area contributed by atoms with E-state index >= 15 is 0 Å². The zero-order chi connectivity index (χ0) is 27.1. The summed E-state index contributed by atoms with van der Waals surface area (Å²) in [5.74, 6) is 1.57. The molecular weight excluding hydrogens is 486 g/mol. The van der Waals surface area contributed by atoms with E-state index in [9.17, 15) is 14.4 Å². The van der Waals surface area contributed by atoms with Gasteiger partial charge in [-0.25, -0.2) is 14.2 Å². The zero-order valence-corrected chi connectivity index (χ0v) is 22.2. The number of primary amides is 1. The second-order valence-electron chi connectivity index (χ2n) is 11.8. The number of hydrogen-bond donors (Lipinski definition) is 3. The number of hydrogen-bond acceptors (Lipinski definition) is 6. The molecule has 11 nitrogen and oxygen atoms in total. The van der Waals surface area contributed by atoms with Crippen molar-refractivity contribution in [2.24, 2.45) is 28.9 Å². The molecule has 2 aromatic rings. The molecule has 0 aromatic carbocycles. The van der Waals surface area contributed by atoms with Gasteiger partial charge in [-0.1, -0.05) is 6.92 Å². The maximum absolute atomic E-state index is 13.7. The molecule has 2 atom stereocenters. The zero-order valence-electron chi connectivity index (χ0n) is 22.2.